The lowest BCUT2D eigenvalue weighted by molar-refractivity contribution is -0.114. The summed E-state index contributed by atoms with van der Waals surface area (Å²) in [6, 6.07) is 14.7. The first-order valence-electron chi connectivity index (χ1n) is 8.93. The van der Waals surface area contributed by atoms with Crippen molar-refractivity contribution >= 4 is 29.2 Å². The first-order chi connectivity index (χ1) is 14.3. The highest BCUT2D eigenvalue weighted by Crippen LogP contribution is 2.22. The second kappa shape index (κ2) is 8.48. The van der Waals surface area contributed by atoms with Gasteiger partial charge < -0.3 is 20.1 Å². The summed E-state index contributed by atoms with van der Waals surface area (Å²) in [5.74, 6) is -1.26. The van der Waals surface area contributed by atoms with Crippen molar-refractivity contribution in [2.45, 2.75) is 6.92 Å². The van der Waals surface area contributed by atoms with Crippen LogP contribution in [-0.4, -0.2) is 46.8 Å². The number of carbonyl (C=O) groups excluding carboxylic acids is 2. The van der Waals surface area contributed by atoms with Crippen molar-refractivity contribution in [2.24, 2.45) is 0 Å². The summed E-state index contributed by atoms with van der Waals surface area (Å²) in [7, 11) is 3.11. The van der Waals surface area contributed by atoms with E-state index < -0.39 is 11.9 Å². The minimum atomic E-state index is -1.24. The maximum atomic E-state index is 13.1. The second-order valence-corrected chi connectivity index (χ2v) is 6.42. The molecule has 0 aliphatic carbocycles. The molecule has 0 fully saturated rings. The minimum absolute atomic E-state index is 0.0889. The number of benzene rings is 2. The topological polar surface area (TPSA) is 114 Å². The van der Waals surface area contributed by atoms with Crippen molar-refractivity contribution in [3.63, 3.8) is 0 Å². The Kier molecular flexibility index (Phi) is 5.82. The number of hydrogen-bond donors (Lipinski definition) is 2. The Morgan fingerprint density at radius 3 is 2.23 bits per heavy atom. The van der Waals surface area contributed by atoms with Gasteiger partial charge in [-0.05, 0) is 48.5 Å². The number of aromatic nitrogens is 2. The van der Waals surface area contributed by atoms with E-state index in [0.29, 0.717) is 22.8 Å². The number of rotatable bonds is 6. The predicted molar refractivity (Wildman–Crippen MR) is 111 cm³/mol. The second-order valence-electron chi connectivity index (χ2n) is 6.42. The van der Waals surface area contributed by atoms with E-state index >= 15 is 0 Å². The van der Waals surface area contributed by atoms with Gasteiger partial charge in [-0.25, -0.2) is 9.48 Å². The molecule has 0 aliphatic heterocycles. The molecular weight excluding hydrogens is 388 g/mol. The fourth-order valence-electron chi connectivity index (χ4n) is 2.82. The van der Waals surface area contributed by atoms with Crippen LogP contribution in [0.25, 0.3) is 5.69 Å². The fraction of sp³-hybridized carbons (Fsp3) is 0.143. The molecule has 9 heteroatoms. The van der Waals surface area contributed by atoms with E-state index in [4.69, 9.17) is 4.74 Å². The molecule has 1 aromatic heterocycles. The van der Waals surface area contributed by atoms with Gasteiger partial charge in [0.2, 0.25) is 5.91 Å². The van der Waals surface area contributed by atoms with Crippen LogP contribution in [0, 0.1) is 0 Å². The smallest absolute Gasteiger partial charge is 0.356 e. The Morgan fingerprint density at radius 1 is 1.07 bits per heavy atom. The van der Waals surface area contributed by atoms with Gasteiger partial charge in [0.1, 0.15) is 11.4 Å². The summed E-state index contributed by atoms with van der Waals surface area (Å²) in [6.45, 7) is 1.41. The molecule has 0 saturated carbocycles. The van der Waals surface area contributed by atoms with Crippen LogP contribution < -0.4 is 15.0 Å². The third-order valence-electron chi connectivity index (χ3n) is 4.34. The Balaban J connectivity index is 1.95. The zero-order chi connectivity index (χ0) is 21.8. The van der Waals surface area contributed by atoms with E-state index in [1.54, 1.807) is 55.6 Å². The zero-order valence-electron chi connectivity index (χ0n) is 16.6. The summed E-state index contributed by atoms with van der Waals surface area (Å²) in [5.41, 5.74) is 1.52. The van der Waals surface area contributed by atoms with Crippen LogP contribution in [0.4, 0.5) is 11.4 Å². The Bertz CT molecular complexity index is 1090. The van der Waals surface area contributed by atoms with Gasteiger partial charge in [-0.2, -0.15) is 5.10 Å². The van der Waals surface area contributed by atoms with E-state index in [1.165, 1.54) is 29.7 Å². The third kappa shape index (κ3) is 4.30. The Labute approximate surface area is 172 Å². The third-order valence-corrected chi connectivity index (χ3v) is 4.34. The molecule has 2 aromatic carbocycles. The van der Waals surface area contributed by atoms with Gasteiger partial charge in [0.25, 0.3) is 5.91 Å². The normalized spacial score (nSPS) is 10.4. The molecule has 154 valence electrons. The molecular formula is C21H20N4O5. The summed E-state index contributed by atoms with van der Waals surface area (Å²) in [5, 5.41) is 16.1. The summed E-state index contributed by atoms with van der Waals surface area (Å²) >= 11 is 0. The van der Waals surface area contributed by atoms with E-state index in [2.05, 4.69) is 10.4 Å². The molecule has 3 aromatic rings. The monoisotopic (exact) mass is 408 g/mol. The van der Waals surface area contributed by atoms with Crippen molar-refractivity contribution in [3.05, 3.63) is 66.0 Å². The van der Waals surface area contributed by atoms with Gasteiger partial charge in [0.05, 0.1) is 12.8 Å². The molecule has 0 spiro atoms. The molecule has 0 aliphatic rings. The maximum Gasteiger partial charge on any atom is 0.356 e. The molecule has 9 nitrogen and oxygen atoms in total. The lowest BCUT2D eigenvalue weighted by Crippen LogP contribution is -2.28. The molecule has 30 heavy (non-hydrogen) atoms. The number of ether oxygens (including phenoxy) is 1. The minimum Gasteiger partial charge on any atom is -0.497 e. The number of carbonyl (C=O) groups is 3. The standard InChI is InChI=1S/C21H20N4O5/c1-13(26)22-14-4-6-15(7-5-14)24(2)20(27)19-12-18(21(28)29)23-25(19)16-8-10-17(30-3)11-9-16/h4-12H,1-3H3,(H,22,26)(H,28,29). The maximum absolute atomic E-state index is 13.1. The quantitative estimate of drug-likeness (QED) is 0.648. The lowest BCUT2D eigenvalue weighted by atomic mass is 10.2. The van der Waals surface area contributed by atoms with Crippen LogP contribution in [0.1, 0.15) is 27.9 Å². The molecule has 0 radical (unpaired) electrons. The number of carboxylic acid groups (broad SMARTS) is 1. The molecule has 1 heterocycles. The van der Waals surface area contributed by atoms with E-state index in [0.717, 1.165) is 0 Å². The van der Waals surface area contributed by atoms with Crippen molar-refractivity contribution in [2.75, 3.05) is 24.4 Å². The number of hydrogen-bond acceptors (Lipinski definition) is 5. The highest BCUT2D eigenvalue weighted by molar-refractivity contribution is 6.06. The van der Waals surface area contributed by atoms with E-state index in [1.807, 2.05) is 0 Å². The highest BCUT2D eigenvalue weighted by Gasteiger charge is 2.23. The number of amides is 2. The van der Waals surface area contributed by atoms with Crippen LogP contribution in [0.2, 0.25) is 0 Å². The van der Waals surface area contributed by atoms with Gasteiger partial charge in [0.15, 0.2) is 5.69 Å². The molecule has 0 saturated heterocycles. The molecule has 0 unspecified atom stereocenters. The Hall–Kier alpha value is -4.14. The van der Waals surface area contributed by atoms with Gasteiger partial charge in [0, 0.05) is 31.4 Å². The predicted octanol–water partition coefficient (Wildman–Crippen LogP) is 2.81. The fourth-order valence-corrected chi connectivity index (χ4v) is 2.82. The summed E-state index contributed by atoms with van der Waals surface area (Å²) < 4.78 is 6.42. The van der Waals surface area contributed by atoms with E-state index in [9.17, 15) is 19.5 Å². The van der Waals surface area contributed by atoms with Crippen LogP contribution in [0.5, 0.6) is 5.75 Å². The van der Waals surface area contributed by atoms with Crippen molar-refractivity contribution < 1.29 is 24.2 Å². The number of carboxylic acids is 1. The van der Waals surface area contributed by atoms with Crippen molar-refractivity contribution in [1.82, 2.24) is 9.78 Å². The van der Waals surface area contributed by atoms with Gasteiger partial charge >= 0.3 is 5.97 Å². The molecule has 3 rings (SSSR count). The number of nitrogens with one attached hydrogen (secondary N) is 1. The first kappa shape index (κ1) is 20.6. The average molecular weight is 408 g/mol. The largest absolute Gasteiger partial charge is 0.497 e. The SMILES string of the molecule is COc1ccc(-n2nc(C(=O)O)cc2C(=O)N(C)c2ccc(NC(C)=O)cc2)cc1. The number of methoxy groups -OCH3 is 1. The highest BCUT2D eigenvalue weighted by atomic mass is 16.5. The van der Waals surface area contributed by atoms with Gasteiger partial charge in [-0.15, -0.1) is 0 Å². The average Bonchev–Trinajstić information content (AvgIpc) is 3.18. The number of aromatic carboxylic acids is 1. The molecule has 2 N–H and O–H groups in total. The van der Waals surface area contributed by atoms with Crippen molar-refractivity contribution in [3.8, 4) is 11.4 Å². The van der Waals surface area contributed by atoms with Crippen molar-refractivity contribution in [1.29, 1.82) is 0 Å². The van der Waals surface area contributed by atoms with Crippen LogP contribution >= 0.6 is 0 Å². The van der Waals surface area contributed by atoms with Crippen LogP contribution in [-0.2, 0) is 4.79 Å². The zero-order valence-corrected chi connectivity index (χ0v) is 16.6. The first-order valence-corrected chi connectivity index (χ1v) is 8.93. The number of nitrogens with zero attached hydrogens (tertiary/aromatic N) is 3. The van der Waals surface area contributed by atoms with Crippen LogP contribution in [0.3, 0.4) is 0 Å². The van der Waals surface area contributed by atoms with E-state index in [-0.39, 0.29) is 17.3 Å². The molecule has 0 atom stereocenters. The van der Waals surface area contributed by atoms with Crippen LogP contribution in [0.15, 0.2) is 54.6 Å². The summed E-state index contributed by atoms with van der Waals surface area (Å²) in [4.78, 5) is 37.1. The molecule has 2 amide bonds. The Morgan fingerprint density at radius 2 is 1.70 bits per heavy atom. The lowest BCUT2D eigenvalue weighted by Gasteiger charge is -2.18. The van der Waals surface area contributed by atoms with Gasteiger partial charge in [-0.1, -0.05) is 0 Å². The summed E-state index contributed by atoms with van der Waals surface area (Å²) in [6.07, 6.45) is 0. The number of anilines is 2. The van der Waals surface area contributed by atoms with Gasteiger partial charge in [-0.3, -0.25) is 9.59 Å². The molecule has 0 bridgehead atoms.